The molecular weight excluding hydrogens is 326 g/mol. The molecule has 1 heterocycles. The van der Waals surface area contributed by atoms with Gasteiger partial charge in [-0.2, -0.15) is 5.26 Å². The van der Waals surface area contributed by atoms with Gasteiger partial charge in [-0.05, 0) is 36.8 Å². The van der Waals surface area contributed by atoms with E-state index in [-0.39, 0.29) is 0 Å². The van der Waals surface area contributed by atoms with Crippen LogP contribution in [0.5, 0.6) is 0 Å². The molecule has 0 atom stereocenters. The SMILES string of the molecule is Cc1ccc(Br)cc1Nc1cc(C#N)c2ccccc2n1. The summed E-state index contributed by atoms with van der Waals surface area (Å²) in [6.07, 6.45) is 0. The van der Waals surface area contributed by atoms with Crippen LogP contribution in [0.3, 0.4) is 0 Å². The first-order valence-corrected chi connectivity index (χ1v) is 7.30. The lowest BCUT2D eigenvalue weighted by Crippen LogP contribution is -1.97. The summed E-state index contributed by atoms with van der Waals surface area (Å²) in [5.74, 6) is 0.673. The normalized spacial score (nSPS) is 10.3. The molecule has 0 spiro atoms. The molecule has 0 aliphatic heterocycles. The summed E-state index contributed by atoms with van der Waals surface area (Å²) in [6.45, 7) is 2.03. The minimum absolute atomic E-state index is 0.621. The molecule has 0 aliphatic carbocycles. The van der Waals surface area contributed by atoms with E-state index in [9.17, 15) is 5.26 Å². The van der Waals surface area contributed by atoms with Crippen molar-refractivity contribution in [3.05, 3.63) is 64.1 Å². The number of hydrogen-bond acceptors (Lipinski definition) is 3. The smallest absolute Gasteiger partial charge is 0.132 e. The Kier molecular flexibility index (Phi) is 3.59. The number of halogens is 1. The van der Waals surface area contributed by atoms with Crippen molar-refractivity contribution in [3.8, 4) is 6.07 Å². The molecule has 3 rings (SSSR count). The summed E-state index contributed by atoms with van der Waals surface area (Å²) in [5, 5.41) is 13.5. The molecule has 0 amide bonds. The van der Waals surface area contributed by atoms with Gasteiger partial charge in [0.25, 0.3) is 0 Å². The predicted octanol–water partition coefficient (Wildman–Crippen LogP) is 4.92. The molecule has 0 fully saturated rings. The monoisotopic (exact) mass is 337 g/mol. The van der Waals surface area contributed by atoms with Crippen molar-refractivity contribution in [2.75, 3.05) is 5.32 Å². The van der Waals surface area contributed by atoms with Crippen LogP contribution in [0.25, 0.3) is 10.9 Å². The van der Waals surface area contributed by atoms with E-state index in [2.05, 4.69) is 32.3 Å². The largest absolute Gasteiger partial charge is 0.340 e. The van der Waals surface area contributed by atoms with Crippen molar-refractivity contribution >= 4 is 38.3 Å². The third-order valence-corrected chi connectivity index (χ3v) is 3.79. The van der Waals surface area contributed by atoms with Crippen molar-refractivity contribution in [1.82, 2.24) is 4.98 Å². The van der Waals surface area contributed by atoms with E-state index in [0.717, 1.165) is 26.6 Å². The molecule has 3 nitrogen and oxygen atoms in total. The van der Waals surface area contributed by atoms with Crippen LogP contribution in [0, 0.1) is 18.3 Å². The van der Waals surface area contributed by atoms with Gasteiger partial charge in [0.15, 0.2) is 0 Å². The summed E-state index contributed by atoms with van der Waals surface area (Å²) < 4.78 is 0.997. The molecule has 0 radical (unpaired) electrons. The fourth-order valence-corrected chi connectivity index (χ4v) is 2.56. The highest BCUT2D eigenvalue weighted by atomic mass is 79.9. The standard InChI is InChI=1S/C17H12BrN3/c1-11-6-7-13(18)9-16(11)21-17-8-12(10-19)14-4-2-3-5-15(14)20-17/h2-9H,1H3,(H,20,21). The Hall–Kier alpha value is -2.38. The van der Waals surface area contributed by atoms with Crippen LogP contribution in [0.15, 0.2) is 53.0 Å². The molecule has 21 heavy (non-hydrogen) atoms. The molecule has 0 aliphatic rings. The van der Waals surface area contributed by atoms with E-state index >= 15 is 0 Å². The molecular formula is C17H12BrN3. The number of pyridine rings is 1. The van der Waals surface area contributed by atoms with E-state index in [4.69, 9.17) is 0 Å². The summed E-state index contributed by atoms with van der Waals surface area (Å²) in [5.41, 5.74) is 3.52. The average Bonchev–Trinajstić information content (AvgIpc) is 2.50. The van der Waals surface area contributed by atoms with Crippen LogP contribution < -0.4 is 5.32 Å². The average molecular weight is 338 g/mol. The van der Waals surface area contributed by atoms with Gasteiger partial charge in [0.1, 0.15) is 5.82 Å². The molecule has 0 unspecified atom stereocenters. The van der Waals surface area contributed by atoms with Gasteiger partial charge in [-0.15, -0.1) is 0 Å². The van der Waals surface area contributed by atoms with Gasteiger partial charge in [0.2, 0.25) is 0 Å². The second kappa shape index (κ2) is 5.55. The van der Waals surface area contributed by atoms with Crippen LogP contribution in [-0.2, 0) is 0 Å². The number of fused-ring (bicyclic) bond motifs is 1. The zero-order valence-electron chi connectivity index (χ0n) is 11.4. The van der Waals surface area contributed by atoms with Gasteiger partial charge in [-0.3, -0.25) is 0 Å². The summed E-state index contributed by atoms with van der Waals surface area (Å²) in [4.78, 5) is 4.57. The maximum Gasteiger partial charge on any atom is 0.132 e. The zero-order valence-corrected chi connectivity index (χ0v) is 13.0. The van der Waals surface area contributed by atoms with Gasteiger partial charge < -0.3 is 5.32 Å². The second-order valence-corrected chi connectivity index (χ2v) is 5.68. The Labute approximate surface area is 131 Å². The number of aromatic nitrogens is 1. The number of hydrogen-bond donors (Lipinski definition) is 1. The number of aryl methyl sites for hydroxylation is 1. The van der Waals surface area contributed by atoms with Crippen LogP contribution >= 0.6 is 15.9 Å². The topological polar surface area (TPSA) is 48.7 Å². The first kappa shape index (κ1) is 13.6. The first-order valence-electron chi connectivity index (χ1n) is 6.50. The van der Waals surface area contributed by atoms with Gasteiger partial charge in [0, 0.05) is 15.5 Å². The van der Waals surface area contributed by atoms with Gasteiger partial charge in [0.05, 0.1) is 17.1 Å². The van der Waals surface area contributed by atoms with Crippen molar-refractivity contribution in [3.63, 3.8) is 0 Å². The van der Waals surface area contributed by atoms with Gasteiger partial charge in [-0.25, -0.2) is 4.98 Å². The number of para-hydroxylation sites is 1. The van der Waals surface area contributed by atoms with Crippen LogP contribution in [0.1, 0.15) is 11.1 Å². The predicted molar refractivity (Wildman–Crippen MR) is 88.6 cm³/mol. The van der Waals surface area contributed by atoms with Gasteiger partial charge in [-0.1, -0.05) is 40.2 Å². The van der Waals surface area contributed by atoms with E-state index in [1.54, 1.807) is 6.07 Å². The number of anilines is 2. The maximum atomic E-state index is 9.31. The third-order valence-electron chi connectivity index (χ3n) is 3.30. The highest BCUT2D eigenvalue weighted by Crippen LogP contribution is 2.26. The highest BCUT2D eigenvalue weighted by Gasteiger charge is 2.06. The Morgan fingerprint density at radius 3 is 2.76 bits per heavy atom. The van der Waals surface area contributed by atoms with Crippen molar-refractivity contribution in [2.24, 2.45) is 0 Å². The van der Waals surface area contributed by atoms with Gasteiger partial charge >= 0.3 is 0 Å². The summed E-state index contributed by atoms with van der Waals surface area (Å²) in [6, 6.07) is 17.7. The number of benzene rings is 2. The van der Waals surface area contributed by atoms with Crippen LogP contribution in [0.2, 0.25) is 0 Å². The number of nitrogens with zero attached hydrogens (tertiary/aromatic N) is 2. The third kappa shape index (κ3) is 2.74. The minimum atomic E-state index is 0.621. The van der Waals surface area contributed by atoms with Crippen molar-refractivity contribution in [1.29, 1.82) is 5.26 Å². The van der Waals surface area contributed by atoms with E-state index in [0.29, 0.717) is 11.4 Å². The molecule has 0 saturated carbocycles. The van der Waals surface area contributed by atoms with Crippen molar-refractivity contribution in [2.45, 2.75) is 6.92 Å². The number of nitrogens with one attached hydrogen (secondary N) is 1. The fourth-order valence-electron chi connectivity index (χ4n) is 2.20. The molecule has 2 aromatic carbocycles. The second-order valence-electron chi connectivity index (χ2n) is 4.77. The Morgan fingerprint density at radius 1 is 1.14 bits per heavy atom. The number of rotatable bonds is 2. The Balaban J connectivity index is 2.09. The molecule has 0 saturated heterocycles. The fraction of sp³-hybridized carbons (Fsp3) is 0.0588. The molecule has 102 valence electrons. The van der Waals surface area contributed by atoms with Crippen LogP contribution in [-0.4, -0.2) is 4.98 Å². The van der Waals surface area contributed by atoms with E-state index in [1.165, 1.54) is 0 Å². The Morgan fingerprint density at radius 2 is 1.95 bits per heavy atom. The molecule has 1 N–H and O–H groups in total. The minimum Gasteiger partial charge on any atom is -0.340 e. The highest BCUT2D eigenvalue weighted by molar-refractivity contribution is 9.10. The lowest BCUT2D eigenvalue weighted by atomic mass is 10.1. The quantitative estimate of drug-likeness (QED) is 0.721. The summed E-state index contributed by atoms with van der Waals surface area (Å²) >= 11 is 3.46. The molecule has 4 heteroatoms. The first-order chi connectivity index (χ1) is 10.2. The number of nitriles is 1. The lowest BCUT2D eigenvalue weighted by molar-refractivity contribution is 1.33. The molecule has 0 bridgehead atoms. The zero-order chi connectivity index (χ0) is 14.8. The van der Waals surface area contributed by atoms with Crippen LogP contribution in [0.4, 0.5) is 11.5 Å². The maximum absolute atomic E-state index is 9.31. The molecule has 1 aromatic heterocycles. The molecule has 3 aromatic rings. The lowest BCUT2D eigenvalue weighted by Gasteiger charge is -2.11. The van der Waals surface area contributed by atoms with Crippen molar-refractivity contribution < 1.29 is 0 Å². The summed E-state index contributed by atoms with van der Waals surface area (Å²) in [7, 11) is 0. The van der Waals surface area contributed by atoms with E-state index < -0.39 is 0 Å². The Bertz CT molecular complexity index is 866. The van der Waals surface area contributed by atoms with E-state index in [1.807, 2.05) is 49.4 Å².